The summed E-state index contributed by atoms with van der Waals surface area (Å²) in [6.45, 7) is 8.46. The fraction of sp³-hybridized carbons (Fsp3) is 0.304. The molecule has 0 saturated carbocycles. The molecule has 0 saturated heterocycles. The van der Waals surface area contributed by atoms with Crippen LogP contribution in [-0.2, 0) is 6.54 Å². The Balaban J connectivity index is 1.53. The van der Waals surface area contributed by atoms with E-state index in [9.17, 15) is 4.79 Å². The van der Waals surface area contributed by atoms with Gasteiger partial charge in [0.15, 0.2) is 22.6 Å². The average molecular weight is 452 g/mol. The summed E-state index contributed by atoms with van der Waals surface area (Å²) in [5, 5.41) is 13.5. The summed E-state index contributed by atoms with van der Waals surface area (Å²) in [5.74, 6) is 3.26. The number of aryl methyl sites for hydroxylation is 2. The lowest BCUT2D eigenvalue weighted by Crippen LogP contribution is -2.07. The first-order valence-electron chi connectivity index (χ1n) is 10.3. The minimum atomic E-state index is 0.0335. The Hall–Kier alpha value is -3.33. The van der Waals surface area contributed by atoms with Crippen molar-refractivity contribution in [1.82, 2.24) is 24.5 Å². The van der Waals surface area contributed by atoms with E-state index in [0.717, 1.165) is 34.3 Å². The highest BCUT2D eigenvalue weighted by molar-refractivity contribution is 7.99. The lowest BCUT2D eigenvalue weighted by Gasteiger charge is -2.08. The van der Waals surface area contributed by atoms with Gasteiger partial charge in [0.1, 0.15) is 11.5 Å². The Morgan fingerprint density at radius 1 is 1.12 bits per heavy atom. The van der Waals surface area contributed by atoms with Gasteiger partial charge in [0, 0.05) is 35.1 Å². The van der Waals surface area contributed by atoms with E-state index in [-0.39, 0.29) is 11.5 Å². The summed E-state index contributed by atoms with van der Waals surface area (Å²) in [6.07, 6.45) is 0. The van der Waals surface area contributed by atoms with Gasteiger partial charge in [-0.05, 0) is 58.0 Å². The number of thioether (sulfide) groups is 1. The number of carbonyl (C=O) groups excluding carboxylic acids is 1. The number of hydrogen-bond donors (Lipinski definition) is 0. The second-order valence-electron chi connectivity index (χ2n) is 7.41. The average Bonchev–Trinajstić information content (AvgIpc) is 3.48. The molecule has 0 N–H and O–H groups in total. The van der Waals surface area contributed by atoms with Gasteiger partial charge >= 0.3 is 0 Å². The number of rotatable bonds is 8. The molecule has 3 aromatic heterocycles. The van der Waals surface area contributed by atoms with E-state index < -0.39 is 0 Å². The second-order valence-corrected chi connectivity index (χ2v) is 8.35. The van der Waals surface area contributed by atoms with Gasteiger partial charge in [-0.3, -0.25) is 9.36 Å². The van der Waals surface area contributed by atoms with Gasteiger partial charge in [0.05, 0.1) is 12.9 Å². The number of Topliss-reactive ketones (excluding diaryl/α,β-unsaturated/α-hetero) is 1. The highest BCUT2D eigenvalue weighted by atomic mass is 32.2. The van der Waals surface area contributed by atoms with Crippen molar-refractivity contribution in [3.8, 4) is 23.0 Å². The third-order valence-corrected chi connectivity index (χ3v) is 6.26. The van der Waals surface area contributed by atoms with Crippen LogP contribution in [-0.4, -0.2) is 43.1 Å². The summed E-state index contributed by atoms with van der Waals surface area (Å²) in [6, 6.07) is 11.5. The van der Waals surface area contributed by atoms with Crippen LogP contribution in [0, 0.1) is 20.8 Å². The Morgan fingerprint density at radius 3 is 2.50 bits per heavy atom. The monoisotopic (exact) mass is 451 g/mol. The van der Waals surface area contributed by atoms with Crippen LogP contribution in [0.4, 0.5) is 0 Å². The molecule has 8 nitrogen and oxygen atoms in total. The second kappa shape index (κ2) is 9.04. The molecule has 1 aromatic carbocycles. The number of benzene rings is 1. The van der Waals surface area contributed by atoms with Gasteiger partial charge in [0.25, 0.3) is 0 Å². The minimum absolute atomic E-state index is 0.0335. The van der Waals surface area contributed by atoms with E-state index >= 15 is 0 Å². The maximum atomic E-state index is 13.0. The quantitative estimate of drug-likeness (QED) is 0.284. The highest BCUT2D eigenvalue weighted by Crippen LogP contribution is 2.27. The summed E-state index contributed by atoms with van der Waals surface area (Å²) in [4.78, 5) is 13.0. The molecule has 0 aliphatic rings. The Bertz CT molecular complexity index is 1250. The predicted octanol–water partition coefficient (Wildman–Crippen LogP) is 4.65. The van der Waals surface area contributed by atoms with Gasteiger partial charge in [-0.25, -0.2) is 0 Å². The van der Waals surface area contributed by atoms with Crippen molar-refractivity contribution < 1.29 is 14.1 Å². The lowest BCUT2D eigenvalue weighted by atomic mass is 10.2. The summed E-state index contributed by atoms with van der Waals surface area (Å²) in [7, 11) is 1.64. The summed E-state index contributed by atoms with van der Waals surface area (Å²) in [5.41, 5.74) is 3.40. The molecule has 0 amide bonds. The molecule has 0 aliphatic heterocycles. The smallest absolute Gasteiger partial charge is 0.191 e. The number of methoxy groups -OCH3 is 1. The van der Waals surface area contributed by atoms with Crippen LogP contribution in [0.2, 0.25) is 0 Å². The highest BCUT2D eigenvalue weighted by Gasteiger charge is 2.20. The van der Waals surface area contributed by atoms with Crippen molar-refractivity contribution >= 4 is 17.5 Å². The molecule has 4 aromatic rings. The van der Waals surface area contributed by atoms with E-state index in [1.165, 1.54) is 11.8 Å². The SMILES string of the molecule is CCn1c(SCC(=O)c2cc(C)n(-c3cc(C)on3)c2C)nnc1-c1ccc(OC)cc1. The molecule has 166 valence electrons. The molecule has 32 heavy (non-hydrogen) atoms. The number of carbonyl (C=O) groups is 1. The van der Waals surface area contributed by atoms with E-state index in [1.54, 1.807) is 7.11 Å². The summed E-state index contributed by atoms with van der Waals surface area (Å²) >= 11 is 1.39. The van der Waals surface area contributed by atoms with Crippen molar-refractivity contribution in [2.45, 2.75) is 39.4 Å². The number of hydrogen-bond acceptors (Lipinski definition) is 7. The van der Waals surface area contributed by atoms with Crippen LogP contribution >= 0.6 is 11.8 Å². The molecule has 0 atom stereocenters. The first-order chi connectivity index (χ1) is 15.4. The fourth-order valence-electron chi connectivity index (χ4n) is 3.70. The fourth-order valence-corrected chi connectivity index (χ4v) is 4.58. The van der Waals surface area contributed by atoms with Crippen molar-refractivity contribution in [3.05, 3.63) is 59.1 Å². The van der Waals surface area contributed by atoms with Gasteiger partial charge in [0.2, 0.25) is 0 Å². The lowest BCUT2D eigenvalue weighted by molar-refractivity contribution is 0.102. The van der Waals surface area contributed by atoms with Gasteiger partial charge in [-0.15, -0.1) is 10.2 Å². The van der Waals surface area contributed by atoms with E-state index in [0.29, 0.717) is 23.1 Å². The van der Waals surface area contributed by atoms with Crippen LogP contribution in [0.15, 0.2) is 46.1 Å². The molecule has 0 fully saturated rings. The zero-order valence-electron chi connectivity index (χ0n) is 18.7. The van der Waals surface area contributed by atoms with Gasteiger partial charge in [-0.1, -0.05) is 16.9 Å². The number of ketones is 1. The van der Waals surface area contributed by atoms with Crippen molar-refractivity contribution in [2.24, 2.45) is 0 Å². The van der Waals surface area contributed by atoms with Crippen LogP contribution < -0.4 is 4.74 Å². The molecular weight excluding hydrogens is 426 g/mol. The van der Waals surface area contributed by atoms with E-state index in [4.69, 9.17) is 9.26 Å². The Morgan fingerprint density at radius 2 is 1.88 bits per heavy atom. The third kappa shape index (κ3) is 4.08. The zero-order chi connectivity index (χ0) is 22.8. The first kappa shape index (κ1) is 21.9. The minimum Gasteiger partial charge on any atom is -0.497 e. The molecule has 3 heterocycles. The molecule has 0 spiro atoms. The van der Waals surface area contributed by atoms with E-state index in [1.807, 2.05) is 73.2 Å². The number of ether oxygens (including phenoxy) is 1. The molecular formula is C23H25N5O3S. The predicted molar refractivity (Wildman–Crippen MR) is 123 cm³/mol. The number of nitrogens with zero attached hydrogens (tertiary/aromatic N) is 5. The molecule has 4 rings (SSSR count). The summed E-state index contributed by atoms with van der Waals surface area (Å²) < 4.78 is 14.4. The van der Waals surface area contributed by atoms with E-state index in [2.05, 4.69) is 15.4 Å². The molecule has 0 aliphatic carbocycles. The molecule has 9 heteroatoms. The van der Waals surface area contributed by atoms with Crippen molar-refractivity contribution in [2.75, 3.05) is 12.9 Å². The molecule has 0 bridgehead atoms. The standard InChI is InChI=1S/C23H25N5O3S/c1-6-27-22(17-7-9-18(30-5)10-8-17)24-25-23(27)32-13-20(29)19-11-14(2)28(16(19)4)21-12-15(3)31-26-21/h7-12H,6,13H2,1-5H3. The number of aromatic nitrogens is 5. The third-order valence-electron chi connectivity index (χ3n) is 5.29. The van der Waals surface area contributed by atoms with Crippen molar-refractivity contribution in [1.29, 1.82) is 0 Å². The van der Waals surface area contributed by atoms with Gasteiger partial charge < -0.3 is 13.8 Å². The molecule has 0 unspecified atom stereocenters. The van der Waals surface area contributed by atoms with Gasteiger partial charge in [-0.2, -0.15) is 0 Å². The normalized spacial score (nSPS) is 11.2. The first-order valence-corrected chi connectivity index (χ1v) is 11.3. The topological polar surface area (TPSA) is 88.0 Å². The molecule has 0 radical (unpaired) electrons. The Kier molecular flexibility index (Phi) is 6.18. The largest absolute Gasteiger partial charge is 0.497 e. The zero-order valence-corrected chi connectivity index (χ0v) is 19.6. The Labute approximate surface area is 190 Å². The van der Waals surface area contributed by atoms with Crippen LogP contribution in [0.3, 0.4) is 0 Å². The maximum Gasteiger partial charge on any atom is 0.191 e. The van der Waals surface area contributed by atoms with Crippen LogP contribution in [0.25, 0.3) is 17.2 Å². The maximum absolute atomic E-state index is 13.0. The van der Waals surface area contributed by atoms with Crippen molar-refractivity contribution in [3.63, 3.8) is 0 Å². The van der Waals surface area contributed by atoms with Crippen LogP contribution in [0.1, 0.15) is 34.4 Å². The van der Waals surface area contributed by atoms with Crippen LogP contribution in [0.5, 0.6) is 5.75 Å².